The molecule has 0 saturated heterocycles. The average Bonchev–Trinajstić information content (AvgIpc) is 2.10. The molecule has 0 radical (unpaired) electrons. The van der Waals surface area contributed by atoms with E-state index >= 15 is 0 Å². The second kappa shape index (κ2) is 6.74. The van der Waals surface area contributed by atoms with Crippen LogP contribution in [0.1, 0.15) is 48.0 Å². The minimum Gasteiger partial charge on any atom is -0.444 e. The Morgan fingerprint density at radius 2 is 1.81 bits per heavy atom. The van der Waals surface area contributed by atoms with Crippen molar-refractivity contribution in [1.29, 1.82) is 0 Å². The molecule has 2 unspecified atom stereocenters. The maximum absolute atomic E-state index is 11.4. The number of rotatable bonds is 5. The third-order valence-corrected chi connectivity index (χ3v) is 2.15. The van der Waals surface area contributed by atoms with Gasteiger partial charge < -0.3 is 15.4 Å². The minimum atomic E-state index is -0.437. The van der Waals surface area contributed by atoms with Crippen LogP contribution in [0.4, 0.5) is 4.79 Å². The average molecular weight is 230 g/mol. The Kier molecular flexibility index (Phi) is 6.41. The third kappa shape index (κ3) is 8.53. The first-order valence-corrected chi connectivity index (χ1v) is 5.97. The molecule has 4 nitrogen and oxygen atoms in total. The summed E-state index contributed by atoms with van der Waals surface area (Å²) in [7, 11) is 0. The van der Waals surface area contributed by atoms with Gasteiger partial charge in [-0.2, -0.15) is 0 Å². The molecule has 0 heterocycles. The van der Waals surface area contributed by atoms with Crippen LogP contribution in [0.5, 0.6) is 0 Å². The molecule has 0 saturated carbocycles. The molecule has 0 aromatic heterocycles. The summed E-state index contributed by atoms with van der Waals surface area (Å²) >= 11 is 0. The van der Waals surface area contributed by atoms with Crippen molar-refractivity contribution in [3.63, 3.8) is 0 Å². The highest BCUT2D eigenvalue weighted by molar-refractivity contribution is 5.68. The van der Waals surface area contributed by atoms with Crippen LogP contribution in [0.3, 0.4) is 0 Å². The summed E-state index contributed by atoms with van der Waals surface area (Å²) in [5.74, 6) is 0. The molecule has 0 aromatic rings. The number of hydrogen-bond donors (Lipinski definition) is 2. The van der Waals surface area contributed by atoms with Gasteiger partial charge in [-0.1, -0.05) is 6.92 Å². The summed E-state index contributed by atoms with van der Waals surface area (Å²) in [6, 6.07) is 0.548. The van der Waals surface area contributed by atoms with E-state index in [0.717, 1.165) is 13.0 Å². The smallest absolute Gasteiger partial charge is 0.407 e. The van der Waals surface area contributed by atoms with Gasteiger partial charge >= 0.3 is 6.09 Å². The zero-order valence-electron chi connectivity index (χ0n) is 11.4. The predicted molar refractivity (Wildman–Crippen MR) is 66.6 cm³/mol. The van der Waals surface area contributed by atoms with Crippen molar-refractivity contribution in [2.75, 3.05) is 6.54 Å². The minimum absolute atomic E-state index is 0.0730. The van der Waals surface area contributed by atoms with Gasteiger partial charge in [-0.15, -0.1) is 0 Å². The van der Waals surface area contributed by atoms with Crippen molar-refractivity contribution in [2.45, 2.75) is 65.6 Å². The van der Waals surface area contributed by atoms with E-state index in [9.17, 15) is 4.79 Å². The van der Waals surface area contributed by atoms with Gasteiger partial charge in [0.15, 0.2) is 0 Å². The Bertz CT molecular complexity index is 212. The van der Waals surface area contributed by atoms with E-state index in [4.69, 9.17) is 4.74 Å². The zero-order chi connectivity index (χ0) is 12.8. The lowest BCUT2D eigenvalue weighted by atomic mass is 10.2. The van der Waals surface area contributed by atoms with Gasteiger partial charge in [-0.05, 0) is 41.0 Å². The molecule has 4 heteroatoms. The predicted octanol–water partition coefficient (Wildman–Crippen LogP) is 2.29. The summed E-state index contributed by atoms with van der Waals surface area (Å²) in [5, 5.41) is 6.12. The number of alkyl carbamates (subject to hydrolysis) is 1. The van der Waals surface area contributed by atoms with Gasteiger partial charge in [0.1, 0.15) is 5.60 Å². The van der Waals surface area contributed by atoms with Gasteiger partial charge in [0.25, 0.3) is 0 Å². The maximum atomic E-state index is 11.4. The van der Waals surface area contributed by atoms with Crippen molar-refractivity contribution >= 4 is 6.09 Å². The Morgan fingerprint density at radius 3 is 2.25 bits per heavy atom. The third-order valence-electron chi connectivity index (χ3n) is 2.15. The quantitative estimate of drug-likeness (QED) is 0.762. The molecule has 16 heavy (non-hydrogen) atoms. The lowest BCUT2D eigenvalue weighted by Crippen LogP contribution is -2.44. The molecule has 0 aliphatic rings. The van der Waals surface area contributed by atoms with Crippen LogP contribution in [-0.4, -0.2) is 30.3 Å². The van der Waals surface area contributed by atoms with E-state index in [2.05, 4.69) is 24.5 Å². The molecule has 0 rings (SSSR count). The van der Waals surface area contributed by atoms with Crippen LogP contribution in [-0.2, 0) is 4.74 Å². The molecule has 0 bridgehead atoms. The van der Waals surface area contributed by atoms with Gasteiger partial charge in [-0.25, -0.2) is 4.79 Å². The Labute approximate surface area is 99.1 Å². The number of hydrogen-bond acceptors (Lipinski definition) is 3. The van der Waals surface area contributed by atoms with Crippen molar-refractivity contribution in [3.8, 4) is 0 Å². The van der Waals surface area contributed by atoms with Crippen molar-refractivity contribution < 1.29 is 9.53 Å². The van der Waals surface area contributed by atoms with Crippen LogP contribution in [0, 0.1) is 0 Å². The number of carbonyl (C=O) groups excluding carboxylic acids is 1. The van der Waals surface area contributed by atoms with E-state index in [1.807, 2.05) is 27.7 Å². The second-order valence-corrected chi connectivity index (χ2v) is 5.26. The Balaban J connectivity index is 3.79. The summed E-state index contributed by atoms with van der Waals surface area (Å²) < 4.78 is 5.16. The topological polar surface area (TPSA) is 50.4 Å². The summed E-state index contributed by atoms with van der Waals surface area (Å²) in [6.45, 7) is 12.5. The van der Waals surface area contributed by atoms with Crippen LogP contribution < -0.4 is 10.6 Å². The Morgan fingerprint density at radius 1 is 1.25 bits per heavy atom. The highest BCUT2D eigenvalue weighted by Gasteiger charge is 2.17. The normalized spacial score (nSPS) is 15.4. The molecule has 0 spiro atoms. The lowest BCUT2D eigenvalue weighted by molar-refractivity contribution is 0.0507. The molecule has 0 aromatic carbocycles. The molecule has 2 N–H and O–H groups in total. The van der Waals surface area contributed by atoms with Gasteiger partial charge in [0.2, 0.25) is 0 Å². The van der Waals surface area contributed by atoms with Crippen molar-refractivity contribution in [3.05, 3.63) is 0 Å². The number of nitrogens with one attached hydrogen (secondary N) is 2. The van der Waals surface area contributed by atoms with E-state index in [0.29, 0.717) is 6.04 Å². The van der Waals surface area contributed by atoms with Gasteiger partial charge in [-0.3, -0.25) is 0 Å². The zero-order valence-corrected chi connectivity index (χ0v) is 11.4. The highest BCUT2D eigenvalue weighted by atomic mass is 16.6. The van der Waals surface area contributed by atoms with Gasteiger partial charge in [0, 0.05) is 18.6 Å². The molecule has 96 valence electrons. The molecule has 0 fully saturated rings. The lowest BCUT2D eigenvalue weighted by Gasteiger charge is -2.22. The highest BCUT2D eigenvalue weighted by Crippen LogP contribution is 2.06. The van der Waals surface area contributed by atoms with E-state index in [1.165, 1.54) is 0 Å². The van der Waals surface area contributed by atoms with E-state index in [1.54, 1.807) is 0 Å². The number of amides is 1. The standard InChI is InChI=1S/C12H26N2O2/c1-7-9(2)13-8-10(3)14-11(15)16-12(4,5)6/h9-10,13H,7-8H2,1-6H3,(H,14,15). The van der Waals surface area contributed by atoms with Crippen molar-refractivity contribution in [2.24, 2.45) is 0 Å². The fraction of sp³-hybridized carbons (Fsp3) is 0.917. The first-order chi connectivity index (χ1) is 7.24. The fourth-order valence-corrected chi connectivity index (χ4v) is 1.08. The summed E-state index contributed by atoms with van der Waals surface area (Å²) in [5.41, 5.74) is -0.437. The number of carbonyl (C=O) groups is 1. The first kappa shape index (κ1) is 15.2. The van der Waals surface area contributed by atoms with Crippen LogP contribution in [0.15, 0.2) is 0 Å². The van der Waals surface area contributed by atoms with Gasteiger partial charge in [0.05, 0.1) is 0 Å². The molecule has 1 amide bonds. The Hall–Kier alpha value is -0.770. The number of ether oxygens (including phenoxy) is 1. The summed E-state index contributed by atoms with van der Waals surface area (Å²) in [4.78, 5) is 11.4. The largest absolute Gasteiger partial charge is 0.444 e. The van der Waals surface area contributed by atoms with Crippen LogP contribution in [0.2, 0.25) is 0 Å². The van der Waals surface area contributed by atoms with E-state index in [-0.39, 0.29) is 12.1 Å². The van der Waals surface area contributed by atoms with Crippen molar-refractivity contribution in [1.82, 2.24) is 10.6 Å². The summed E-state index contributed by atoms with van der Waals surface area (Å²) in [6.07, 6.45) is 0.727. The molecule has 0 aliphatic heterocycles. The molecule has 0 aliphatic carbocycles. The fourth-order valence-electron chi connectivity index (χ4n) is 1.08. The SMILES string of the molecule is CCC(C)NCC(C)NC(=O)OC(C)(C)C. The maximum Gasteiger partial charge on any atom is 0.407 e. The van der Waals surface area contributed by atoms with Crippen LogP contribution >= 0.6 is 0 Å². The molecular formula is C12H26N2O2. The molecular weight excluding hydrogens is 204 g/mol. The van der Waals surface area contributed by atoms with Crippen LogP contribution in [0.25, 0.3) is 0 Å². The second-order valence-electron chi connectivity index (χ2n) is 5.26. The monoisotopic (exact) mass is 230 g/mol. The molecule has 2 atom stereocenters. The van der Waals surface area contributed by atoms with E-state index < -0.39 is 5.60 Å². The first-order valence-electron chi connectivity index (χ1n) is 5.97.